The first-order chi connectivity index (χ1) is 20.3. The van der Waals surface area contributed by atoms with Crippen LogP contribution in [0.1, 0.15) is 54.9 Å². The van der Waals surface area contributed by atoms with Gasteiger partial charge in [0.2, 0.25) is 5.91 Å². The highest BCUT2D eigenvalue weighted by molar-refractivity contribution is 6.04. The van der Waals surface area contributed by atoms with Crippen LogP contribution in [0.5, 0.6) is 5.75 Å². The van der Waals surface area contributed by atoms with Gasteiger partial charge in [0, 0.05) is 18.5 Å². The minimum Gasteiger partial charge on any atom is -0.489 e. The number of amides is 1. The lowest BCUT2D eigenvalue weighted by Crippen LogP contribution is -2.31. The lowest BCUT2D eigenvalue weighted by Gasteiger charge is -2.26. The molecule has 0 fully saturated rings. The van der Waals surface area contributed by atoms with Gasteiger partial charge in [0.15, 0.2) is 0 Å². The second-order valence-electron chi connectivity index (χ2n) is 10.1. The molecule has 0 aliphatic carbocycles. The van der Waals surface area contributed by atoms with Crippen molar-refractivity contribution in [2.75, 3.05) is 0 Å². The minimum absolute atomic E-state index is 0.0253. The molecule has 2 heterocycles. The Morgan fingerprint density at radius 1 is 0.952 bits per heavy atom. The normalized spacial score (nSPS) is 16.8. The number of esters is 1. The Labute approximate surface area is 242 Å². The number of allylic oxidation sites excluding steroid dienone is 3. The number of carbonyl (C=O) groups is 2. The van der Waals surface area contributed by atoms with Crippen LogP contribution in [0.15, 0.2) is 107 Å². The van der Waals surface area contributed by atoms with E-state index < -0.39 is 16.8 Å². The number of benzene rings is 3. The van der Waals surface area contributed by atoms with Crippen LogP contribution >= 0.6 is 0 Å². The van der Waals surface area contributed by atoms with Crippen LogP contribution in [0.4, 0.5) is 0 Å². The molecule has 1 atom stereocenters. The quantitative estimate of drug-likeness (QED) is 0.209. The number of hydrogen-bond donors (Lipinski definition) is 2. The van der Waals surface area contributed by atoms with Crippen molar-refractivity contribution in [1.82, 2.24) is 10.7 Å². The number of hydrogen-bond acceptors (Lipinski definition) is 8. The van der Waals surface area contributed by atoms with Gasteiger partial charge in [0.1, 0.15) is 24.9 Å². The third-order valence-corrected chi connectivity index (χ3v) is 7.14. The van der Waals surface area contributed by atoms with Gasteiger partial charge >= 0.3 is 5.97 Å². The summed E-state index contributed by atoms with van der Waals surface area (Å²) in [6.07, 6.45) is 0.927. The maximum atomic E-state index is 13.5. The molecule has 2 aliphatic rings. The molecule has 1 unspecified atom stereocenters. The van der Waals surface area contributed by atoms with Gasteiger partial charge in [0.25, 0.3) is 5.70 Å². The second-order valence-corrected chi connectivity index (χ2v) is 10.1. The van der Waals surface area contributed by atoms with E-state index >= 15 is 0 Å². The van der Waals surface area contributed by atoms with Gasteiger partial charge < -0.3 is 14.8 Å². The van der Waals surface area contributed by atoms with E-state index in [4.69, 9.17) is 9.47 Å². The standard InChI is InChI=1S/C32H30N4O6/c1-20-29(32(38)42-19-23-11-13-24(14-12-23)27-15-16-28(37)35-34-27)30(31(36(39)40)21(2)33-20)25-9-6-10-26(17-25)41-18-22-7-4-3-5-8-22/h3-14,17,30,33H,15-16,18-19H2,1-2H3,(H,35,37). The molecule has 0 saturated carbocycles. The van der Waals surface area contributed by atoms with Crippen molar-refractivity contribution >= 4 is 17.6 Å². The van der Waals surface area contributed by atoms with E-state index in [9.17, 15) is 19.7 Å². The summed E-state index contributed by atoms with van der Waals surface area (Å²) in [5.41, 5.74) is 7.27. The van der Waals surface area contributed by atoms with E-state index in [2.05, 4.69) is 15.8 Å². The average molecular weight is 567 g/mol. The Bertz CT molecular complexity index is 1610. The van der Waals surface area contributed by atoms with Gasteiger partial charge in [-0.25, -0.2) is 10.2 Å². The summed E-state index contributed by atoms with van der Waals surface area (Å²) in [5.74, 6) is -1.20. The number of rotatable bonds is 9. The molecule has 0 saturated heterocycles. The highest BCUT2D eigenvalue weighted by Crippen LogP contribution is 2.40. The van der Waals surface area contributed by atoms with Gasteiger partial charge in [-0.1, -0.05) is 66.7 Å². The van der Waals surface area contributed by atoms with E-state index in [-0.39, 0.29) is 23.8 Å². The fourth-order valence-electron chi connectivity index (χ4n) is 5.05. The Morgan fingerprint density at radius 3 is 2.38 bits per heavy atom. The van der Waals surface area contributed by atoms with Crippen molar-refractivity contribution in [2.24, 2.45) is 5.10 Å². The smallest absolute Gasteiger partial charge is 0.337 e. The predicted molar refractivity (Wildman–Crippen MR) is 156 cm³/mol. The molecule has 10 heteroatoms. The molecule has 0 radical (unpaired) electrons. The van der Waals surface area contributed by atoms with Crippen LogP contribution in [0.2, 0.25) is 0 Å². The molecule has 2 aliphatic heterocycles. The first-order valence-electron chi connectivity index (χ1n) is 13.5. The molecular formula is C32H30N4O6. The van der Waals surface area contributed by atoms with E-state index in [0.29, 0.717) is 42.2 Å². The Balaban J connectivity index is 1.35. The molecule has 0 aromatic heterocycles. The minimum atomic E-state index is -0.962. The number of ether oxygens (including phenoxy) is 2. The van der Waals surface area contributed by atoms with Gasteiger partial charge in [-0.15, -0.1) is 0 Å². The first kappa shape index (κ1) is 28.3. The molecule has 0 bridgehead atoms. The Kier molecular flexibility index (Phi) is 8.42. The molecule has 5 rings (SSSR count). The summed E-state index contributed by atoms with van der Waals surface area (Å²) in [4.78, 5) is 36.7. The number of nitrogens with zero attached hydrogens (tertiary/aromatic N) is 2. The zero-order valence-electron chi connectivity index (χ0n) is 23.3. The van der Waals surface area contributed by atoms with Crippen molar-refractivity contribution in [3.63, 3.8) is 0 Å². The Hall–Kier alpha value is -5.25. The molecule has 2 N–H and O–H groups in total. The van der Waals surface area contributed by atoms with Gasteiger partial charge in [0.05, 0.1) is 21.9 Å². The number of carbonyl (C=O) groups excluding carboxylic acids is 2. The van der Waals surface area contributed by atoms with Crippen molar-refractivity contribution in [3.05, 3.63) is 134 Å². The highest BCUT2D eigenvalue weighted by Gasteiger charge is 2.41. The zero-order valence-corrected chi connectivity index (χ0v) is 23.3. The molecule has 1 amide bonds. The van der Waals surface area contributed by atoms with Crippen molar-refractivity contribution in [2.45, 2.75) is 45.8 Å². The van der Waals surface area contributed by atoms with Crippen LogP contribution < -0.4 is 15.5 Å². The lowest BCUT2D eigenvalue weighted by atomic mass is 9.84. The van der Waals surface area contributed by atoms with Crippen LogP contribution in [-0.2, 0) is 27.5 Å². The number of nitrogens with one attached hydrogen (secondary N) is 2. The summed E-state index contributed by atoms with van der Waals surface area (Å²) in [7, 11) is 0. The van der Waals surface area contributed by atoms with Crippen LogP contribution in [-0.4, -0.2) is 22.5 Å². The summed E-state index contributed by atoms with van der Waals surface area (Å²) in [6.45, 7) is 3.63. The van der Waals surface area contributed by atoms with Gasteiger partial charge in [-0.2, -0.15) is 5.10 Å². The fraction of sp³-hybridized carbons (Fsp3) is 0.219. The maximum Gasteiger partial charge on any atom is 0.337 e. The Morgan fingerprint density at radius 2 is 1.69 bits per heavy atom. The highest BCUT2D eigenvalue weighted by atomic mass is 16.6. The van der Waals surface area contributed by atoms with Gasteiger partial charge in [-0.3, -0.25) is 14.9 Å². The van der Waals surface area contributed by atoms with E-state index in [0.717, 1.165) is 22.4 Å². The van der Waals surface area contributed by atoms with E-state index in [1.807, 2.05) is 54.6 Å². The maximum absolute atomic E-state index is 13.5. The summed E-state index contributed by atoms with van der Waals surface area (Å²) < 4.78 is 11.7. The molecule has 3 aromatic rings. The van der Waals surface area contributed by atoms with Crippen molar-refractivity contribution in [3.8, 4) is 5.75 Å². The average Bonchev–Trinajstić information content (AvgIpc) is 2.99. The van der Waals surface area contributed by atoms with E-state index in [1.54, 1.807) is 38.1 Å². The third-order valence-electron chi connectivity index (χ3n) is 7.14. The third kappa shape index (κ3) is 6.38. The predicted octanol–water partition coefficient (Wildman–Crippen LogP) is 5.09. The molecule has 3 aromatic carbocycles. The van der Waals surface area contributed by atoms with Crippen molar-refractivity contribution < 1.29 is 24.0 Å². The van der Waals surface area contributed by atoms with Gasteiger partial charge in [-0.05, 0) is 48.2 Å². The monoisotopic (exact) mass is 566 g/mol. The molecule has 42 heavy (non-hydrogen) atoms. The molecule has 214 valence electrons. The van der Waals surface area contributed by atoms with Crippen LogP contribution in [0.3, 0.4) is 0 Å². The van der Waals surface area contributed by atoms with Crippen LogP contribution in [0, 0.1) is 10.1 Å². The number of dihydropyridines is 1. The largest absolute Gasteiger partial charge is 0.489 e. The first-order valence-corrected chi connectivity index (χ1v) is 13.5. The van der Waals surface area contributed by atoms with Crippen LogP contribution in [0.25, 0.3) is 0 Å². The summed E-state index contributed by atoms with van der Waals surface area (Å²) in [6, 6.07) is 24.0. The molecular weight excluding hydrogens is 536 g/mol. The fourth-order valence-corrected chi connectivity index (χ4v) is 5.05. The zero-order chi connectivity index (χ0) is 29.6. The SMILES string of the molecule is CC1=C(C(=O)OCc2ccc(C3=NNC(=O)CC3)cc2)C(c2cccc(OCc3ccccc3)c2)C([N+](=O)[O-])=C(C)N1. The number of nitro groups is 1. The van der Waals surface area contributed by atoms with E-state index in [1.165, 1.54) is 0 Å². The lowest BCUT2D eigenvalue weighted by molar-refractivity contribution is -0.431. The molecule has 0 spiro atoms. The summed E-state index contributed by atoms with van der Waals surface area (Å²) in [5, 5.41) is 19.3. The topological polar surface area (TPSA) is 132 Å². The van der Waals surface area contributed by atoms with Crippen molar-refractivity contribution in [1.29, 1.82) is 0 Å². The molecule has 10 nitrogen and oxygen atoms in total. The number of hydrazone groups is 1. The summed E-state index contributed by atoms with van der Waals surface area (Å²) >= 11 is 0. The second kappa shape index (κ2) is 12.5.